The Balaban J connectivity index is 3.07. The molecule has 2 amide bonds. The number of hydrogen-bond acceptors (Lipinski definition) is 3. The Bertz CT molecular complexity index is 389. The number of carbonyl (C=O) groups is 2. The van der Waals surface area contributed by atoms with Crippen LogP contribution < -0.4 is 16.8 Å². The molecule has 1 aromatic carbocycles. The van der Waals surface area contributed by atoms with Crippen molar-refractivity contribution >= 4 is 23.4 Å². The van der Waals surface area contributed by atoms with E-state index in [0.717, 1.165) is 0 Å². The molecule has 0 aromatic heterocycles. The van der Waals surface area contributed by atoms with Gasteiger partial charge in [0.05, 0.1) is 5.56 Å². The lowest BCUT2D eigenvalue weighted by Crippen LogP contribution is -2.19. The number of anilines is 2. The number of aromatic carboxylic acids is 1. The minimum atomic E-state index is -1.12. The van der Waals surface area contributed by atoms with Gasteiger partial charge in [-0.15, -0.1) is 0 Å². The average molecular weight is 195 g/mol. The number of benzene rings is 1. The highest BCUT2D eigenvalue weighted by atomic mass is 16.4. The van der Waals surface area contributed by atoms with E-state index in [1.54, 1.807) is 0 Å². The second-order valence-electron chi connectivity index (χ2n) is 2.64. The first-order valence-electron chi connectivity index (χ1n) is 3.69. The number of nitrogens with one attached hydrogen (secondary N) is 1. The molecule has 0 fully saturated rings. The van der Waals surface area contributed by atoms with E-state index in [1.165, 1.54) is 18.2 Å². The van der Waals surface area contributed by atoms with Crippen molar-refractivity contribution in [2.24, 2.45) is 5.73 Å². The van der Waals surface area contributed by atoms with Crippen LogP contribution in [-0.4, -0.2) is 17.1 Å². The lowest BCUT2D eigenvalue weighted by molar-refractivity contribution is 0.0697. The van der Waals surface area contributed by atoms with E-state index in [2.05, 4.69) is 5.32 Å². The van der Waals surface area contributed by atoms with E-state index >= 15 is 0 Å². The predicted octanol–water partition coefficient (Wildman–Crippen LogP) is 0.458. The summed E-state index contributed by atoms with van der Waals surface area (Å²) < 4.78 is 0. The number of nitrogen functional groups attached to an aromatic ring is 1. The van der Waals surface area contributed by atoms with Crippen LogP contribution in [0.5, 0.6) is 0 Å². The molecule has 6 nitrogen and oxygen atoms in total. The zero-order valence-corrected chi connectivity index (χ0v) is 7.15. The van der Waals surface area contributed by atoms with Gasteiger partial charge < -0.3 is 21.9 Å². The molecule has 0 unspecified atom stereocenters. The molecule has 1 aromatic rings. The summed E-state index contributed by atoms with van der Waals surface area (Å²) in [4.78, 5) is 21.1. The van der Waals surface area contributed by atoms with Gasteiger partial charge in [-0.2, -0.15) is 0 Å². The highest BCUT2D eigenvalue weighted by Gasteiger charge is 2.06. The van der Waals surface area contributed by atoms with Gasteiger partial charge in [0.15, 0.2) is 0 Å². The number of amides is 2. The Hall–Kier alpha value is -2.24. The number of carboxylic acid groups (broad SMARTS) is 1. The molecule has 0 aliphatic rings. The maximum absolute atomic E-state index is 10.6. The molecule has 0 aliphatic carbocycles. The number of urea groups is 1. The molecule has 14 heavy (non-hydrogen) atoms. The van der Waals surface area contributed by atoms with E-state index in [9.17, 15) is 9.59 Å². The van der Waals surface area contributed by atoms with Crippen LogP contribution in [0.25, 0.3) is 0 Å². The average Bonchev–Trinajstić information content (AvgIpc) is 2.01. The fourth-order valence-corrected chi connectivity index (χ4v) is 0.990. The minimum Gasteiger partial charge on any atom is -0.478 e. The monoisotopic (exact) mass is 195 g/mol. The van der Waals surface area contributed by atoms with E-state index in [-0.39, 0.29) is 16.9 Å². The molecule has 0 bridgehead atoms. The molecule has 6 heteroatoms. The van der Waals surface area contributed by atoms with Crippen molar-refractivity contribution in [1.29, 1.82) is 0 Å². The van der Waals surface area contributed by atoms with Crippen LogP contribution in [0.3, 0.4) is 0 Å². The SMILES string of the molecule is NC(=O)Nc1cc(N)cc(C(=O)O)c1. The highest BCUT2D eigenvalue weighted by molar-refractivity contribution is 5.93. The van der Waals surface area contributed by atoms with Crippen molar-refractivity contribution in [2.45, 2.75) is 0 Å². The van der Waals surface area contributed by atoms with Gasteiger partial charge in [-0.1, -0.05) is 0 Å². The lowest BCUT2D eigenvalue weighted by Gasteiger charge is -2.04. The second kappa shape index (κ2) is 3.65. The first-order chi connectivity index (χ1) is 6.49. The lowest BCUT2D eigenvalue weighted by atomic mass is 10.2. The Labute approximate surface area is 79.5 Å². The maximum atomic E-state index is 10.6. The van der Waals surface area contributed by atoms with Gasteiger partial charge in [-0.05, 0) is 18.2 Å². The van der Waals surface area contributed by atoms with Crippen molar-refractivity contribution in [3.8, 4) is 0 Å². The van der Waals surface area contributed by atoms with Crippen molar-refractivity contribution in [3.05, 3.63) is 23.8 Å². The van der Waals surface area contributed by atoms with Gasteiger partial charge in [-0.3, -0.25) is 0 Å². The van der Waals surface area contributed by atoms with Gasteiger partial charge in [0, 0.05) is 11.4 Å². The zero-order valence-electron chi connectivity index (χ0n) is 7.15. The van der Waals surface area contributed by atoms with Crippen LogP contribution in [0, 0.1) is 0 Å². The van der Waals surface area contributed by atoms with Crippen LogP contribution in [0.2, 0.25) is 0 Å². The molecular formula is C8H9N3O3. The Morgan fingerprint density at radius 1 is 1.29 bits per heavy atom. The first-order valence-corrected chi connectivity index (χ1v) is 3.69. The zero-order chi connectivity index (χ0) is 10.7. The van der Waals surface area contributed by atoms with Gasteiger partial charge in [0.1, 0.15) is 0 Å². The van der Waals surface area contributed by atoms with Crippen molar-refractivity contribution < 1.29 is 14.7 Å². The molecular weight excluding hydrogens is 186 g/mol. The molecule has 0 aliphatic heterocycles. The molecule has 6 N–H and O–H groups in total. The third-order valence-electron chi connectivity index (χ3n) is 1.47. The van der Waals surface area contributed by atoms with Gasteiger partial charge in [-0.25, -0.2) is 9.59 Å². The van der Waals surface area contributed by atoms with Gasteiger partial charge >= 0.3 is 12.0 Å². The number of nitrogens with two attached hydrogens (primary N) is 2. The van der Waals surface area contributed by atoms with Gasteiger partial charge in [0.25, 0.3) is 0 Å². The van der Waals surface area contributed by atoms with Crippen molar-refractivity contribution in [2.75, 3.05) is 11.1 Å². The minimum absolute atomic E-state index is 0.00579. The molecule has 74 valence electrons. The van der Waals surface area contributed by atoms with Crippen molar-refractivity contribution in [1.82, 2.24) is 0 Å². The largest absolute Gasteiger partial charge is 0.478 e. The number of hydrogen-bond donors (Lipinski definition) is 4. The van der Waals surface area contributed by atoms with E-state index in [4.69, 9.17) is 16.6 Å². The Kier molecular flexibility index (Phi) is 2.57. The normalized spacial score (nSPS) is 9.43. The maximum Gasteiger partial charge on any atom is 0.335 e. The third kappa shape index (κ3) is 2.37. The van der Waals surface area contributed by atoms with Crippen LogP contribution in [-0.2, 0) is 0 Å². The van der Waals surface area contributed by atoms with Crippen LogP contribution in [0.1, 0.15) is 10.4 Å². The standard InChI is InChI=1S/C8H9N3O3/c9-5-1-4(7(12)13)2-6(3-5)11-8(10)14/h1-3H,9H2,(H,12,13)(H3,10,11,14). The van der Waals surface area contributed by atoms with E-state index < -0.39 is 12.0 Å². The summed E-state index contributed by atoms with van der Waals surface area (Å²) in [5.41, 5.74) is 10.8. The second-order valence-corrected chi connectivity index (χ2v) is 2.64. The predicted molar refractivity (Wildman–Crippen MR) is 51.0 cm³/mol. The van der Waals surface area contributed by atoms with Crippen LogP contribution in [0.15, 0.2) is 18.2 Å². The van der Waals surface area contributed by atoms with E-state index in [0.29, 0.717) is 0 Å². The summed E-state index contributed by atoms with van der Waals surface area (Å²) >= 11 is 0. The molecule has 0 radical (unpaired) electrons. The highest BCUT2D eigenvalue weighted by Crippen LogP contribution is 2.16. The fraction of sp³-hybridized carbons (Fsp3) is 0. The molecule has 0 saturated heterocycles. The number of carbonyl (C=O) groups excluding carboxylic acids is 1. The number of carboxylic acids is 1. The van der Waals surface area contributed by atoms with E-state index in [1.807, 2.05) is 0 Å². The smallest absolute Gasteiger partial charge is 0.335 e. The summed E-state index contributed by atoms with van der Waals surface area (Å²) in [6.07, 6.45) is 0. The summed E-state index contributed by atoms with van der Waals surface area (Å²) in [5.74, 6) is -1.12. The van der Waals surface area contributed by atoms with Crippen LogP contribution in [0.4, 0.5) is 16.2 Å². The summed E-state index contributed by atoms with van der Waals surface area (Å²) in [6.45, 7) is 0. The summed E-state index contributed by atoms with van der Waals surface area (Å²) in [5, 5.41) is 10.9. The summed E-state index contributed by atoms with van der Waals surface area (Å²) in [7, 11) is 0. The molecule has 1 rings (SSSR count). The molecule has 0 spiro atoms. The molecule has 0 atom stereocenters. The third-order valence-corrected chi connectivity index (χ3v) is 1.47. The molecule has 0 heterocycles. The quantitative estimate of drug-likeness (QED) is 0.512. The fourth-order valence-electron chi connectivity index (χ4n) is 0.990. The van der Waals surface area contributed by atoms with Crippen LogP contribution >= 0.6 is 0 Å². The Morgan fingerprint density at radius 2 is 1.93 bits per heavy atom. The van der Waals surface area contributed by atoms with Crippen molar-refractivity contribution in [3.63, 3.8) is 0 Å². The molecule has 0 saturated carbocycles. The number of rotatable bonds is 2. The first kappa shape index (κ1) is 9.85. The number of primary amides is 1. The Morgan fingerprint density at radius 3 is 2.43 bits per heavy atom. The summed E-state index contributed by atoms with van der Waals surface area (Å²) in [6, 6.07) is 3.20. The van der Waals surface area contributed by atoms with Gasteiger partial charge in [0.2, 0.25) is 0 Å². The topological polar surface area (TPSA) is 118 Å².